The molecule has 0 saturated carbocycles. The van der Waals surface area contributed by atoms with Crippen LogP contribution in [0.4, 0.5) is 23.2 Å². The zero-order valence-electron chi connectivity index (χ0n) is 12.3. The van der Waals surface area contributed by atoms with Gasteiger partial charge in [0.05, 0.1) is 11.1 Å². The molecule has 0 unspecified atom stereocenters. The van der Waals surface area contributed by atoms with Crippen molar-refractivity contribution in [2.24, 2.45) is 0 Å². The maximum Gasteiger partial charge on any atom is 0.422 e. The first-order valence-corrected chi connectivity index (χ1v) is 7.49. The van der Waals surface area contributed by atoms with Crippen LogP contribution in [0.2, 0.25) is 0 Å². The fourth-order valence-corrected chi connectivity index (χ4v) is 2.21. The molecule has 0 saturated heterocycles. The number of rotatable bonds is 4. The normalized spacial score (nSPS) is 10.9. The van der Waals surface area contributed by atoms with E-state index in [9.17, 15) is 22.4 Å². The largest absolute Gasteiger partial charge is 0.483 e. The van der Waals surface area contributed by atoms with Crippen molar-refractivity contribution in [1.82, 2.24) is 0 Å². The number of hydrogen-bond donors (Lipinski definition) is 1. The van der Waals surface area contributed by atoms with Gasteiger partial charge >= 0.3 is 6.18 Å². The summed E-state index contributed by atoms with van der Waals surface area (Å²) in [5.74, 6) is -1.79. The lowest BCUT2D eigenvalue weighted by molar-refractivity contribution is -0.153. The van der Waals surface area contributed by atoms with Gasteiger partial charge in [-0.05, 0) is 36.4 Å². The zero-order chi connectivity index (χ0) is 18.6. The molecule has 0 fully saturated rings. The van der Waals surface area contributed by atoms with E-state index in [4.69, 9.17) is 5.26 Å². The molecule has 2 aromatic rings. The number of carbonyl (C=O) groups excluding carboxylic acids is 1. The molecule has 2 rings (SSSR count). The lowest BCUT2D eigenvalue weighted by atomic mass is 10.1. The minimum atomic E-state index is -4.54. The van der Waals surface area contributed by atoms with Gasteiger partial charge in [-0.1, -0.05) is 15.9 Å². The van der Waals surface area contributed by atoms with Gasteiger partial charge in [0.1, 0.15) is 17.6 Å². The van der Waals surface area contributed by atoms with Crippen molar-refractivity contribution in [3.8, 4) is 11.8 Å². The molecule has 0 aliphatic heterocycles. The standard InChI is InChI=1S/C16H9BrF4N2O2/c17-10-1-3-13(18)12(6-10)15(24)23-11-2-4-14(9(5-11)7-22)25-8-16(19,20)21/h1-6H,8H2,(H,23,24). The summed E-state index contributed by atoms with van der Waals surface area (Å²) < 4.78 is 55.3. The summed E-state index contributed by atoms with van der Waals surface area (Å²) in [5, 5.41) is 11.4. The van der Waals surface area contributed by atoms with Crippen LogP contribution in [0.25, 0.3) is 0 Å². The second-order valence-corrected chi connectivity index (χ2v) is 5.72. The Balaban J connectivity index is 2.19. The second kappa shape index (κ2) is 7.53. The first-order chi connectivity index (χ1) is 11.7. The number of carbonyl (C=O) groups is 1. The molecule has 0 atom stereocenters. The number of ether oxygens (including phenoxy) is 1. The average molecular weight is 417 g/mol. The molecule has 0 heterocycles. The van der Waals surface area contributed by atoms with Crippen molar-refractivity contribution >= 4 is 27.5 Å². The molecule has 130 valence electrons. The van der Waals surface area contributed by atoms with Crippen LogP contribution in [-0.4, -0.2) is 18.7 Å². The number of nitrogens with one attached hydrogen (secondary N) is 1. The average Bonchev–Trinajstić information content (AvgIpc) is 2.54. The summed E-state index contributed by atoms with van der Waals surface area (Å²) >= 11 is 3.12. The highest BCUT2D eigenvalue weighted by Gasteiger charge is 2.29. The van der Waals surface area contributed by atoms with Gasteiger partial charge < -0.3 is 10.1 Å². The Kier molecular flexibility index (Phi) is 5.64. The van der Waals surface area contributed by atoms with Crippen LogP contribution in [0.1, 0.15) is 15.9 Å². The number of halogens is 5. The summed E-state index contributed by atoms with van der Waals surface area (Å²) in [6.07, 6.45) is -4.54. The second-order valence-electron chi connectivity index (χ2n) is 4.80. The summed E-state index contributed by atoms with van der Waals surface area (Å²) in [6, 6.07) is 8.99. The van der Waals surface area contributed by atoms with Gasteiger partial charge in [-0.15, -0.1) is 0 Å². The smallest absolute Gasteiger partial charge is 0.422 e. The van der Waals surface area contributed by atoms with Crippen molar-refractivity contribution in [3.05, 3.63) is 57.8 Å². The lowest BCUT2D eigenvalue weighted by Gasteiger charge is -2.12. The van der Waals surface area contributed by atoms with Crippen LogP contribution >= 0.6 is 15.9 Å². The fourth-order valence-electron chi connectivity index (χ4n) is 1.85. The molecule has 1 N–H and O–H groups in total. The molecule has 0 radical (unpaired) electrons. The van der Waals surface area contributed by atoms with Gasteiger partial charge in [-0.25, -0.2) is 4.39 Å². The number of nitriles is 1. The lowest BCUT2D eigenvalue weighted by Crippen LogP contribution is -2.19. The molecule has 1 amide bonds. The fraction of sp³-hybridized carbons (Fsp3) is 0.125. The minimum Gasteiger partial charge on any atom is -0.483 e. The SMILES string of the molecule is N#Cc1cc(NC(=O)c2cc(Br)ccc2F)ccc1OCC(F)(F)F. The van der Waals surface area contributed by atoms with E-state index < -0.39 is 24.5 Å². The number of anilines is 1. The van der Waals surface area contributed by atoms with Crippen LogP contribution in [0.3, 0.4) is 0 Å². The Labute approximate surface area is 148 Å². The van der Waals surface area contributed by atoms with E-state index in [0.717, 1.165) is 18.2 Å². The number of amides is 1. The van der Waals surface area contributed by atoms with Crippen molar-refractivity contribution in [2.45, 2.75) is 6.18 Å². The first kappa shape index (κ1) is 18.7. The van der Waals surface area contributed by atoms with Crippen molar-refractivity contribution in [2.75, 3.05) is 11.9 Å². The quantitative estimate of drug-likeness (QED) is 0.737. The summed E-state index contributed by atoms with van der Waals surface area (Å²) in [5.41, 5.74) is -0.317. The van der Waals surface area contributed by atoms with Crippen molar-refractivity contribution < 1.29 is 27.1 Å². The topological polar surface area (TPSA) is 62.1 Å². The van der Waals surface area contributed by atoms with Crippen LogP contribution in [-0.2, 0) is 0 Å². The van der Waals surface area contributed by atoms with Gasteiger partial charge in [-0.2, -0.15) is 18.4 Å². The van der Waals surface area contributed by atoms with Gasteiger partial charge in [0.15, 0.2) is 6.61 Å². The van der Waals surface area contributed by atoms with E-state index >= 15 is 0 Å². The maximum atomic E-state index is 13.7. The van der Waals surface area contributed by atoms with Gasteiger partial charge in [0.25, 0.3) is 5.91 Å². The first-order valence-electron chi connectivity index (χ1n) is 6.70. The van der Waals surface area contributed by atoms with E-state index in [1.54, 1.807) is 6.07 Å². The van der Waals surface area contributed by atoms with E-state index in [0.29, 0.717) is 4.47 Å². The number of benzene rings is 2. The molecule has 9 heteroatoms. The highest BCUT2D eigenvalue weighted by Crippen LogP contribution is 2.25. The van der Waals surface area contributed by atoms with Crippen LogP contribution < -0.4 is 10.1 Å². The number of nitrogens with zero attached hydrogens (tertiary/aromatic N) is 1. The molecule has 2 aromatic carbocycles. The number of alkyl halides is 3. The predicted molar refractivity (Wildman–Crippen MR) is 84.8 cm³/mol. The maximum absolute atomic E-state index is 13.7. The monoisotopic (exact) mass is 416 g/mol. The number of hydrogen-bond acceptors (Lipinski definition) is 3. The molecule has 0 aliphatic carbocycles. The molecule has 0 spiro atoms. The minimum absolute atomic E-state index is 0.111. The van der Waals surface area contributed by atoms with Crippen molar-refractivity contribution in [3.63, 3.8) is 0 Å². The third-order valence-corrected chi connectivity index (χ3v) is 3.42. The Morgan fingerprint density at radius 1 is 1.24 bits per heavy atom. The highest BCUT2D eigenvalue weighted by atomic mass is 79.9. The molecule has 25 heavy (non-hydrogen) atoms. The third-order valence-electron chi connectivity index (χ3n) is 2.92. The summed E-state index contributed by atoms with van der Waals surface area (Å²) in [7, 11) is 0. The summed E-state index contributed by atoms with van der Waals surface area (Å²) in [6.45, 7) is -1.55. The van der Waals surface area contributed by atoms with Crippen LogP contribution in [0.15, 0.2) is 40.9 Å². The van der Waals surface area contributed by atoms with E-state index in [-0.39, 0.29) is 22.6 Å². The van der Waals surface area contributed by atoms with Gasteiger partial charge in [0.2, 0.25) is 0 Å². The Bertz CT molecular complexity index is 847. The molecular formula is C16H9BrF4N2O2. The predicted octanol–water partition coefficient (Wildman–Crippen LogP) is 4.65. The molecule has 4 nitrogen and oxygen atoms in total. The van der Waals surface area contributed by atoms with Crippen LogP contribution in [0.5, 0.6) is 5.75 Å². The molecule has 0 aliphatic rings. The van der Waals surface area contributed by atoms with E-state index in [1.165, 1.54) is 18.2 Å². The molecular weight excluding hydrogens is 408 g/mol. The summed E-state index contributed by atoms with van der Waals surface area (Å²) in [4.78, 5) is 12.1. The van der Waals surface area contributed by atoms with Crippen LogP contribution in [0, 0.1) is 17.1 Å². The highest BCUT2D eigenvalue weighted by molar-refractivity contribution is 9.10. The Morgan fingerprint density at radius 3 is 2.60 bits per heavy atom. The Morgan fingerprint density at radius 2 is 1.96 bits per heavy atom. The van der Waals surface area contributed by atoms with Gasteiger partial charge in [-0.3, -0.25) is 4.79 Å². The van der Waals surface area contributed by atoms with E-state index in [1.807, 2.05) is 0 Å². The third kappa shape index (κ3) is 5.19. The molecule has 0 aromatic heterocycles. The molecule has 0 bridgehead atoms. The zero-order valence-corrected chi connectivity index (χ0v) is 13.9. The Hall–Kier alpha value is -2.60. The van der Waals surface area contributed by atoms with Gasteiger partial charge in [0, 0.05) is 10.2 Å². The van der Waals surface area contributed by atoms with E-state index in [2.05, 4.69) is 26.0 Å². The van der Waals surface area contributed by atoms with Crippen molar-refractivity contribution in [1.29, 1.82) is 5.26 Å².